The van der Waals surface area contributed by atoms with Crippen molar-refractivity contribution in [2.24, 2.45) is 5.73 Å². The Hall–Kier alpha value is -1.10. The zero-order valence-electron chi connectivity index (χ0n) is 10.0. The highest BCUT2D eigenvalue weighted by molar-refractivity contribution is 5.88. The minimum Gasteiger partial charge on any atom is -0.353 e. The Kier molecular flexibility index (Phi) is 4.73. The summed E-state index contributed by atoms with van der Waals surface area (Å²) in [6.45, 7) is 5.01. The van der Waals surface area contributed by atoms with E-state index < -0.39 is 0 Å². The molecule has 5 heteroatoms. The monoisotopic (exact) mass is 227 g/mol. The summed E-state index contributed by atoms with van der Waals surface area (Å²) in [7, 11) is 0. The summed E-state index contributed by atoms with van der Waals surface area (Å²) >= 11 is 0. The van der Waals surface area contributed by atoms with Gasteiger partial charge in [0, 0.05) is 25.6 Å². The fourth-order valence-corrected chi connectivity index (χ4v) is 1.90. The average Bonchev–Trinajstić information content (AvgIpc) is 2.28. The first-order valence-electron chi connectivity index (χ1n) is 5.92. The van der Waals surface area contributed by atoms with Crippen molar-refractivity contribution in [3.8, 4) is 0 Å². The minimum atomic E-state index is -0.315. The van der Waals surface area contributed by atoms with Gasteiger partial charge in [-0.3, -0.25) is 9.59 Å². The van der Waals surface area contributed by atoms with Gasteiger partial charge in [0.25, 0.3) is 0 Å². The van der Waals surface area contributed by atoms with Gasteiger partial charge in [-0.1, -0.05) is 13.8 Å². The second-order valence-corrected chi connectivity index (χ2v) is 4.17. The van der Waals surface area contributed by atoms with E-state index in [0.29, 0.717) is 25.9 Å². The number of hydrogen-bond acceptors (Lipinski definition) is 3. The van der Waals surface area contributed by atoms with Gasteiger partial charge in [0.05, 0.1) is 0 Å². The van der Waals surface area contributed by atoms with Crippen LogP contribution in [0.3, 0.4) is 0 Å². The molecule has 0 aliphatic carbocycles. The first-order chi connectivity index (χ1) is 7.60. The number of nitrogens with zero attached hydrogens (tertiary/aromatic N) is 1. The summed E-state index contributed by atoms with van der Waals surface area (Å²) in [5.41, 5.74) is 5.75. The third-order valence-corrected chi connectivity index (χ3v) is 3.00. The third-order valence-electron chi connectivity index (χ3n) is 3.00. The Morgan fingerprint density at radius 1 is 1.62 bits per heavy atom. The van der Waals surface area contributed by atoms with Gasteiger partial charge >= 0.3 is 0 Å². The van der Waals surface area contributed by atoms with Gasteiger partial charge in [-0.2, -0.15) is 0 Å². The van der Waals surface area contributed by atoms with E-state index in [2.05, 4.69) is 5.32 Å². The van der Waals surface area contributed by atoms with Crippen LogP contribution in [0, 0.1) is 0 Å². The smallest absolute Gasteiger partial charge is 0.242 e. The molecule has 3 N–H and O–H groups in total. The molecule has 92 valence electrons. The van der Waals surface area contributed by atoms with Crippen molar-refractivity contribution in [2.75, 3.05) is 13.1 Å². The first kappa shape index (κ1) is 13.0. The fraction of sp³-hybridized carbons (Fsp3) is 0.818. The molecule has 5 nitrogen and oxygen atoms in total. The lowest BCUT2D eigenvalue weighted by atomic mass is 10.1. The molecule has 0 aromatic carbocycles. The molecule has 2 atom stereocenters. The topological polar surface area (TPSA) is 75.4 Å². The summed E-state index contributed by atoms with van der Waals surface area (Å²) < 4.78 is 0. The molecule has 0 aromatic heterocycles. The summed E-state index contributed by atoms with van der Waals surface area (Å²) in [4.78, 5) is 25.2. The van der Waals surface area contributed by atoms with E-state index in [9.17, 15) is 9.59 Å². The summed E-state index contributed by atoms with van der Waals surface area (Å²) in [5.74, 6) is -0.0526. The van der Waals surface area contributed by atoms with Crippen molar-refractivity contribution < 1.29 is 9.59 Å². The van der Waals surface area contributed by atoms with Crippen LogP contribution in [0.4, 0.5) is 0 Å². The number of rotatable bonds is 4. The second kappa shape index (κ2) is 5.84. The van der Waals surface area contributed by atoms with Crippen molar-refractivity contribution in [3.63, 3.8) is 0 Å². The van der Waals surface area contributed by atoms with Crippen LogP contribution in [0.1, 0.15) is 33.1 Å². The Balaban J connectivity index is 2.62. The lowest BCUT2D eigenvalue weighted by Crippen LogP contribution is -2.57. The Morgan fingerprint density at radius 2 is 2.31 bits per heavy atom. The second-order valence-electron chi connectivity index (χ2n) is 4.17. The molecule has 0 saturated carbocycles. The highest BCUT2D eigenvalue weighted by Crippen LogP contribution is 2.11. The van der Waals surface area contributed by atoms with Crippen molar-refractivity contribution in [3.05, 3.63) is 0 Å². The Labute approximate surface area is 96.4 Å². The van der Waals surface area contributed by atoms with Gasteiger partial charge in [0.15, 0.2) is 0 Å². The van der Waals surface area contributed by atoms with Crippen molar-refractivity contribution in [1.82, 2.24) is 10.2 Å². The number of piperazine rings is 1. The molecule has 16 heavy (non-hydrogen) atoms. The molecule has 1 aliphatic rings. The van der Waals surface area contributed by atoms with Crippen molar-refractivity contribution in [1.29, 1.82) is 0 Å². The van der Waals surface area contributed by atoms with E-state index >= 15 is 0 Å². The van der Waals surface area contributed by atoms with Gasteiger partial charge in [0.2, 0.25) is 11.8 Å². The molecule has 2 unspecified atom stereocenters. The maximum atomic E-state index is 11.9. The summed E-state index contributed by atoms with van der Waals surface area (Å²) in [5, 5.41) is 2.77. The fourth-order valence-electron chi connectivity index (χ4n) is 1.90. The Bertz CT molecular complexity index is 268. The number of nitrogens with one attached hydrogen (secondary N) is 1. The first-order valence-corrected chi connectivity index (χ1v) is 5.92. The van der Waals surface area contributed by atoms with E-state index in [-0.39, 0.29) is 23.9 Å². The molecule has 1 rings (SSSR count). The standard InChI is InChI=1S/C11H21N3O2/c1-3-8(12)7-10(15)14-6-5-13-11(16)9(14)4-2/h8-9H,3-7,12H2,1-2H3,(H,13,16). The molecule has 1 saturated heterocycles. The van der Waals surface area contributed by atoms with Crippen LogP contribution in [0.25, 0.3) is 0 Å². The molecule has 0 aromatic rings. The predicted octanol–water partition coefficient (Wildman–Crippen LogP) is -0.149. The maximum Gasteiger partial charge on any atom is 0.242 e. The van der Waals surface area contributed by atoms with Crippen LogP contribution in [0.2, 0.25) is 0 Å². The SMILES string of the molecule is CCC(N)CC(=O)N1CCNC(=O)C1CC. The molecule has 1 fully saturated rings. The van der Waals surface area contributed by atoms with Crippen LogP contribution < -0.4 is 11.1 Å². The number of nitrogens with two attached hydrogens (primary N) is 1. The van der Waals surface area contributed by atoms with Crippen LogP contribution in [0.15, 0.2) is 0 Å². The van der Waals surface area contributed by atoms with E-state index in [1.807, 2.05) is 13.8 Å². The highest BCUT2D eigenvalue weighted by atomic mass is 16.2. The van der Waals surface area contributed by atoms with Crippen LogP contribution in [0.5, 0.6) is 0 Å². The van der Waals surface area contributed by atoms with Crippen molar-refractivity contribution >= 4 is 11.8 Å². The molecule has 0 radical (unpaired) electrons. The number of hydrogen-bond donors (Lipinski definition) is 2. The number of carbonyl (C=O) groups excluding carboxylic acids is 2. The quantitative estimate of drug-likeness (QED) is 0.701. The molecular weight excluding hydrogens is 206 g/mol. The van der Waals surface area contributed by atoms with Gasteiger partial charge < -0.3 is 16.0 Å². The molecule has 0 bridgehead atoms. The molecular formula is C11H21N3O2. The van der Waals surface area contributed by atoms with Gasteiger partial charge in [-0.05, 0) is 12.8 Å². The lowest BCUT2D eigenvalue weighted by Gasteiger charge is -2.35. The lowest BCUT2D eigenvalue weighted by molar-refractivity contribution is -0.143. The van der Waals surface area contributed by atoms with E-state index in [4.69, 9.17) is 5.73 Å². The van der Waals surface area contributed by atoms with E-state index in [0.717, 1.165) is 6.42 Å². The van der Waals surface area contributed by atoms with Gasteiger partial charge in [-0.15, -0.1) is 0 Å². The average molecular weight is 227 g/mol. The zero-order chi connectivity index (χ0) is 12.1. The number of carbonyl (C=O) groups is 2. The summed E-state index contributed by atoms with van der Waals surface area (Å²) in [6, 6.07) is -0.416. The molecule has 2 amide bonds. The summed E-state index contributed by atoms with van der Waals surface area (Å²) in [6.07, 6.45) is 1.77. The van der Waals surface area contributed by atoms with Crippen molar-refractivity contribution in [2.45, 2.75) is 45.2 Å². The van der Waals surface area contributed by atoms with Gasteiger partial charge in [0.1, 0.15) is 6.04 Å². The van der Waals surface area contributed by atoms with E-state index in [1.54, 1.807) is 4.90 Å². The Morgan fingerprint density at radius 3 is 2.88 bits per heavy atom. The predicted molar refractivity (Wildman–Crippen MR) is 61.7 cm³/mol. The van der Waals surface area contributed by atoms with Gasteiger partial charge in [-0.25, -0.2) is 0 Å². The zero-order valence-corrected chi connectivity index (χ0v) is 10.0. The molecule has 0 spiro atoms. The third kappa shape index (κ3) is 2.95. The van der Waals surface area contributed by atoms with E-state index in [1.165, 1.54) is 0 Å². The molecule has 1 heterocycles. The minimum absolute atomic E-state index is 0.00366. The number of amides is 2. The highest BCUT2D eigenvalue weighted by Gasteiger charge is 2.31. The van der Waals surface area contributed by atoms with Crippen LogP contribution in [-0.2, 0) is 9.59 Å². The van der Waals surface area contributed by atoms with Crippen LogP contribution in [-0.4, -0.2) is 41.9 Å². The molecule has 1 aliphatic heterocycles. The largest absolute Gasteiger partial charge is 0.353 e. The normalized spacial score (nSPS) is 22.8. The maximum absolute atomic E-state index is 11.9. The van der Waals surface area contributed by atoms with Crippen LogP contribution >= 0.6 is 0 Å².